The molecule has 5 rings (SSSR count). The van der Waals surface area contributed by atoms with E-state index in [1.54, 1.807) is 60.8 Å². The highest BCUT2D eigenvalue weighted by Crippen LogP contribution is 2.45. The molecule has 1 fully saturated rings. The lowest BCUT2D eigenvalue weighted by Crippen LogP contribution is -2.33. The second-order valence-corrected chi connectivity index (χ2v) is 9.49. The van der Waals surface area contributed by atoms with E-state index in [4.69, 9.17) is 11.6 Å². The fraction of sp³-hybridized carbons (Fsp3) is 0.222. The van der Waals surface area contributed by atoms with Crippen LogP contribution in [0.1, 0.15) is 24.3 Å². The number of carbonyl (C=O) groups excluding carboxylic acids is 2. The molecule has 1 aromatic heterocycles. The van der Waals surface area contributed by atoms with Gasteiger partial charge < -0.3 is 10.6 Å². The number of carbonyl (C=O) groups is 2. The molecule has 2 aliphatic carbocycles. The number of nitrogens with zero attached hydrogens (tertiary/aromatic N) is 1. The Labute approximate surface area is 210 Å². The lowest BCUT2D eigenvalue weighted by atomic mass is 9.93. The summed E-state index contributed by atoms with van der Waals surface area (Å²) in [5.41, 5.74) is 2.02. The highest BCUT2D eigenvalue weighted by Gasteiger charge is 2.52. The number of alkyl halides is 2. The van der Waals surface area contributed by atoms with Crippen molar-refractivity contribution >= 4 is 34.8 Å². The third-order valence-corrected chi connectivity index (χ3v) is 6.70. The number of pyridine rings is 1. The fourth-order valence-corrected chi connectivity index (χ4v) is 4.67. The van der Waals surface area contributed by atoms with Crippen molar-refractivity contribution in [1.82, 2.24) is 4.57 Å². The van der Waals surface area contributed by atoms with Gasteiger partial charge in [0.2, 0.25) is 17.7 Å². The van der Waals surface area contributed by atoms with Crippen LogP contribution in [0.4, 0.5) is 20.2 Å². The standard InChI is InChI=1S/C27H22ClF2N3O3/c28-17-6-8-18(9-7-17)31-25(35)21-14-27(29,30)15-22(21)26(36)32-23-11-10-19(13-20(23)16-4-5-16)33-12-2-1-3-24(33)34/h1-13,16,21-22H,14-15H2,(H,31,35)(H,32,36)/t21-,22-/m0/s1. The molecule has 0 bridgehead atoms. The van der Waals surface area contributed by atoms with Gasteiger partial charge in [-0.3, -0.25) is 19.0 Å². The van der Waals surface area contributed by atoms with Crippen LogP contribution in [0.25, 0.3) is 5.69 Å². The number of nitrogens with one attached hydrogen (secondary N) is 2. The second-order valence-electron chi connectivity index (χ2n) is 9.05. The maximum Gasteiger partial charge on any atom is 0.255 e. The molecule has 0 saturated heterocycles. The number of aromatic nitrogens is 1. The highest BCUT2D eigenvalue weighted by atomic mass is 35.5. The molecule has 36 heavy (non-hydrogen) atoms. The van der Waals surface area contributed by atoms with Crippen molar-refractivity contribution in [2.75, 3.05) is 10.6 Å². The summed E-state index contributed by atoms with van der Waals surface area (Å²) in [6, 6.07) is 16.2. The van der Waals surface area contributed by atoms with Gasteiger partial charge in [0, 0.05) is 53.1 Å². The Balaban J connectivity index is 1.37. The van der Waals surface area contributed by atoms with E-state index in [2.05, 4.69) is 10.6 Å². The minimum absolute atomic E-state index is 0.0336. The van der Waals surface area contributed by atoms with Gasteiger partial charge >= 0.3 is 0 Å². The Morgan fingerprint density at radius 3 is 2.22 bits per heavy atom. The lowest BCUT2D eigenvalue weighted by Gasteiger charge is -2.20. The molecule has 2 N–H and O–H groups in total. The van der Waals surface area contributed by atoms with Crippen LogP contribution in [-0.2, 0) is 9.59 Å². The van der Waals surface area contributed by atoms with Gasteiger partial charge in [-0.1, -0.05) is 29.8 Å². The lowest BCUT2D eigenvalue weighted by molar-refractivity contribution is -0.128. The summed E-state index contributed by atoms with van der Waals surface area (Å²) < 4.78 is 30.2. The number of rotatable bonds is 6. The molecule has 3 aromatic rings. The molecule has 0 radical (unpaired) electrons. The van der Waals surface area contributed by atoms with E-state index in [1.165, 1.54) is 10.6 Å². The molecule has 0 aliphatic heterocycles. The summed E-state index contributed by atoms with van der Waals surface area (Å²) in [5.74, 6) is -6.85. The van der Waals surface area contributed by atoms with Crippen molar-refractivity contribution < 1.29 is 18.4 Å². The van der Waals surface area contributed by atoms with Gasteiger partial charge in [0.25, 0.3) is 5.56 Å². The third-order valence-electron chi connectivity index (χ3n) is 6.45. The Morgan fingerprint density at radius 1 is 0.917 bits per heavy atom. The molecule has 6 nitrogen and oxygen atoms in total. The summed E-state index contributed by atoms with van der Waals surface area (Å²) >= 11 is 5.86. The highest BCUT2D eigenvalue weighted by molar-refractivity contribution is 6.30. The van der Waals surface area contributed by atoms with E-state index in [9.17, 15) is 23.2 Å². The van der Waals surface area contributed by atoms with Crippen LogP contribution in [0, 0.1) is 11.8 Å². The molecule has 0 spiro atoms. The van der Waals surface area contributed by atoms with Crippen molar-refractivity contribution in [3.63, 3.8) is 0 Å². The number of anilines is 2. The SMILES string of the molecule is O=C(Nc1ccc(Cl)cc1)[C@H]1CC(F)(F)C[C@@H]1C(=O)Nc1ccc(-n2ccccc2=O)cc1C1C=C1. The van der Waals surface area contributed by atoms with Crippen LogP contribution in [-0.4, -0.2) is 22.3 Å². The average Bonchev–Trinajstić information content (AvgIpc) is 3.63. The van der Waals surface area contributed by atoms with E-state index in [0.717, 1.165) is 5.56 Å². The molecular formula is C27H22ClF2N3O3. The van der Waals surface area contributed by atoms with Crippen LogP contribution in [0.15, 0.2) is 83.8 Å². The Kier molecular flexibility index (Phi) is 6.22. The van der Waals surface area contributed by atoms with Gasteiger partial charge in [0.15, 0.2) is 0 Å². The monoisotopic (exact) mass is 509 g/mol. The molecule has 184 valence electrons. The van der Waals surface area contributed by atoms with Crippen molar-refractivity contribution in [2.45, 2.75) is 24.7 Å². The summed E-state index contributed by atoms with van der Waals surface area (Å²) in [6.07, 6.45) is 4.07. The largest absolute Gasteiger partial charge is 0.326 e. The normalized spacial score (nSPS) is 20.2. The Bertz CT molecular complexity index is 1410. The molecule has 2 amide bonds. The Morgan fingerprint density at radius 2 is 1.58 bits per heavy atom. The number of hydrogen-bond donors (Lipinski definition) is 2. The first-order chi connectivity index (χ1) is 17.2. The van der Waals surface area contributed by atoms with Crippen molar-refractivity contribution in [3.8, 4) is 5.69 Å². The maximum atomic E-state index is 14.4. The zero-order valence-electron chi connectivity index (χ0n) is 19.0. The molecule has 2 aromatic carbocycles. The van der Waals surface area contributed by atoms with Crippen molar-refractivity contribution in [1.29, 1.82) is 0 Å². The van der Waals surface area contributed by atoms with E-state index in [-0.39, 0.29) is 11.5 Å². The summed E-state index contributed by atoms with van der Waals surface area (Å²) in [7, 11) is 0. The van der Waals surface area contributed by atoms with Gasteiger partial charge in [0.1, 0.15) is 0 Å². The van der Waals surface area contributed by atoms with Gasteiger partial charge in [0.05, 0.1) is 11.8 Å². The predicted molar refractivity (Wildman–Crippen MR) is 134 cm³/mol. The molecular weight excluding hydrogens is 488 g/mol. The first kappa shape index (κ1) is 23.9. The minimum atomic E-state index is -3.14. The van der Waals surface area contributed by atoms with Crippen molar-refractivity contribution in [3.05, 3.63) is 100.0 Å². The van der Waals surface area contributed by atoms with Gasteiger partial charge in [-0.2, -0.15) is 0 Å². The van der Waals surface area contributed by atoms with Crippen LogP contribution in [0.2, 0.25) is 5.02 Å². The summed E-state index contributed by atoms with van der Waals surface area (Å²) in [5, 5.41) is 5.85. The first-order valence-electron chi connectivity index (χ1n) is 11.5. The first-order valence-corrected chi connectivity index (χ1v) is 11.8. The Hall–Kier alpha value is -3.78. The second kappa shape index (κ2) is 9.35. The minimum Gasteiger partial charge on any atom is -0.326 e. The molecule has 2 atom stereocenters. The van der Waals surface area contributed by atoms with E-state index in [1.807, 2.05) is 12.2 Å². The number of hydrogen-bond acceptors (Lipinski definition) is 3. The van der Waals surface area contributed by atoms with E-state index < -0.39 is 42.4 Å². The zero-order valence-corrected chi connectivity index (χ0v) is 19.7. The molecule has 0 unspecified atom stereocenters. The zero-order chi connectivity index (χ0) is 25.4. The fourth-order valence-electron chi connectivity index (χ4n) is 4.55. The maximum absolute atomic E-state index is 14.4. The van der Waals surface area contributed by atoms with E-state index in [0.29, 0.717) is 22.1 Å². The van der Waals surface area contributed by atoms with Crippen LogP contribution < -0.4 is 16.2 Å². The molecule has 1 saturated carbocycles. The molecule has 1 heterocycles. The van der Waals surface area contributed by atoms with Gasteiger partial charge in [-0.25, -0.2) is 8.78 Å². The number of benzene rings is 2. The van der Waals surface area contributed by atoms with Crippen LogP contribution in [0.3, 0.4) is 0 Å². The molecule has 2 aliphatic rings. The smallest absolute Gasteiger partial charge is 0.255 e. The summed E-state index contributed by atoms with van der Waals surface area (Å²) in [6.45, 7) is 0. The van der Waals surface area contributed by atoms with Gasteiger partial charge in [-0.05, 0) is 54.1 Å². The molecule has 9 heteroatoms. The van der Waals surface area contributed by atoms with Gasteiger partial charge in [-0.15, -0.1) is 0 Å². The third kappa shape index (κ3) is 5.09. The summed E-state index contributed by atoms with van der Waals surface area (Å²) in [4.78, 5) is 38.3. The number of halogens is 3. The number of amides is 2. The topological polar surface area (TPSA) is 80.2 Å². The van der Waals surface area contributed by atoms with Crippen LogP contribution in [0.5, 0.6) is 0 Å². The number of allylic oxidation sites excluding steroid dienone is 2. The average molecular weight is 510 g/mol. The quantitative estimate of drug-likeness (QED) is 0.438. The van der Waals surface area contributed by atoms with E-state index >= 15 is 0 Å². The van der Waals surface area contributed by atoms with Crippen molar-refractivity contribution in [2.24, 2.45) is 11.8 Å². The van der Waals surface area contributed by atoms with Crippen LogP contribution >= 0.6 is 11.6 Å². The predicted octanol–water partition coefficient (Wildman–Crippen LogP) is 5.38.